The molecule has 0 radical (unpaired) electrons. The van der Waals surface area contributed by atoms with Gasteiger partial charge in [0.05, 0.1) is 25.7 Å². The molecule has 0 aliphatic carbocycles. The van der Waals surface area contributed by atoms with E-state index in [4.69, 9.17) is 0 Å². The van der Waals surface area contributed by atoms with Crippen molar-refractivity contribution in [2.75, 3.05) is 5.75 Å². The number of para-hydroxylation sites is 2. The number of nitro groups is 1. The van der Waals surface area contributed by atoms with Gasteiger partial charge in [0.1, 0.15) is 0 Å². The third-order valence-electron chi connectivity index (χ3n) is 4.34. The Bertz CT molecular complexity index is 1270. The van der Waals surface area contributed by atoms with Crippen molar-refractivity contribution in [1.82, 2.24) is 14.3 Å². The number of H-pyrrole nitrogens is 1. The molecule has 3 rings (SSSR count). The summed E-state index contributed by atoms with van der Waals surface area (Å²) < 4.78 is 29.1. The topological polar surface area (TPSA) is 127 Å². The van der Waals surface area contributed by atoms with E-state index in [9.17, 15) is 23.3 Å². The standard InChI is InChI=1S/C20H24N4O5S2/c1-20(2,3)22-31(28,29)14-9-10-18(17(13-14)24(26)27)30-12-6-11-23-16-8-5-4-7-15(16)21-19(23)25/h4-5,7-10,13,22H,6,11-12H2,1-3H3,(H,21,25). The lowest BCUT2D eigenvalue weighted by Crippen LogP contribution is -2.40. The van der Waals surface area contributed by atoms with Gasteiger partial charge in [-0.2, -0.15) is 0 Å². The van der Waals surface area contributed by atoms with Crippen LogP contribution in [0.25, 0.3) is 11.0 Å². The van der Waals surface area contributed by atoms with Crippen LogP contribution in [0.1, 0.15) is 27.2 Å². The Kier molecular flexibility index (Phi) is 6.58. The first-order chi connectivity index (χ1) is 14.5. The van der Waals surface area contributed by atoms with E-state index < -0.39 is 20.5 Å². The van der Waals surface area contributed by atoms with Crippen LogP contribution in [-0.4, -0.2) is 34.2 Å². The van der Waals surface area contributed by atoms with Crippen LogP contribution in [-0.2, 0) is 16.6 Å². The molecule has 11 heteroatoms. The Morgan fingerprint density at radius 2 is 1.90 bits per heavy atom. The molecule has 166 valence electrons. The zero-order chi connectivity index (χ0) is 22.8. The molecule has 0 spiro atoms. The van der Waals surface area contributed by atoms with Gasteiger partial charge >= 0.3 is 5.69 Å². The van der Waals surface area contributed by atoms with Gasteiger partial charge in [0.2, 0.25) is 10.0 Å². The molecule has 2 aromatic carbocycles. The number of aryl methyl sites for hydroxylation is 1. The zero-order valence-corrected chi connectivity index (χ0v) is 19.0. The van der Waals surface area contributed by atoms with Crippen LogP contribution in [0, 0.1) is 10.1 Å². The van der Waals surface area contributed by atoms with Crippen molar-refractivity contribution in [1.29, 1.82) is 0 Å². The lowest BCUT2D eigenvalue weighted by Gasteiger charge is -2.20. The predicted octanol–water partition coefficient (Wildman–Crippen LogP) is 3.50. The summed E-state index contributed by atoms with van der Waals surface area (Å²) in [4.78, 5) is 26.1. The number of fused-ring (bicyclic) bond motifs is 1. The van der Waals surface area contributed by atoms with Crippen LogP contribution in [0.5, 0.6) is 0 Å². The summed E-state index contributed by atoms with van der Waals surface area (Å²) in [6, 6.07) is 11.3. The molecule has 0 bridgehead atoms. The van der Waals surface area contributed by atoms with Crippen molar-refractivity contribution in [3.63, 3.8) is 0 Å². The Morgan fingerprint density at radius 1 is 1.19 bits per heavy atom. The molecule has 0 saturated carbocycles. The Morgan fingerprint density at radius 3 is 2.58 bits per heavy atom. The number of nitrogens with zero attached hydrogens (tertiary/aromatic N) is 2. The number of thioether (sulfide) groups is 1. The van der Waals surface area contributed by atoms with Crippen LogP contribution < -0.4 is 10.4 Å². The van der Waals surface area contributed by atoms with Crippen molar-refractivity contribution in [3.8, 4) is 0 Å². The third-order valence-corrected chi connectivity index (χ3v) is 7.25. The molecule has 2 N–H and O–H groups in total. The molecular weight excluding hydrogens is 440 g/mol. The highest BCUT2D eigenvalue weighted by Gasteiger charge is 2.25. The predicted molar refractivity (Wildman–Crippen MR) is 121 cm³/mol. The number of imidazole rings is 1. The number of nitro benzene ring substituents is 1. The summed E-state index contributed by atoms with van der Waals surface area (Å²) in [6.45, 7) is 5.55. The van der Waals surface area contributed by atoms with Gasteiger partial charge in [0.15, 0.2) is 0 Å². The average Bonchev–Trinajstić information content (AvgIpc) is 2.98. The number of aromatic amines is 1. The fraction of sp³-hybridized carbons (Fsp3) is 0.350. The molecule has 1 aromatic heterocycles. The lowest BCUT2D eigenvalue weighted by molar-refractivity contribution is -0.388. The number of aromatic nitrogens is 2. The van der Waals surface area contributed by atoms with Crippen molar-refractivity contribution < 1.29 is 13.3 Å². The maximum absolute atomic E-state index is 12.5. The van der Waals surface area contributed by atoms with Gasteiger partial charge in [-0.1, -0.05) is 12.1 Å². The van der Waals surface area contributed by atoms with E-state index in [1.54, 1.807) is 25.3 Å². The van der Waals surface area contributed by atoms with Gasteiger partial charge < -0.3 is 4.98 Å². The highest BCUT2D eigenvalue weighted by Crippen LogP contribution is 2.32. The van der Waals surface area contributed by atoms with Crippen LogP contribution in [0.3, 0.4) is 0 Å². The summed E-state index contributed by atoms with van der Waals surface area (Å²) in [5.41, 5.74) is 0.409. The Balaban J connectivity index is 1.72. The second-order valence-electron chi connectivity index (χ2n) is 8.04. The summed E-state index contributed by atoms with van der Waals surface area (Å²) in [5, 5.41) is 11.5. The number of hydrogen-bond donors (Lipinski definition) is 2. The van der Waals surface area contributed by atoms with Gasteiger partial charge in [0, 0.05) is 18.2 Å². The molecule has 1 heterocycles. The van der Waals surface area contributed by atoms with Gasteiger partial charge in [-0.3, -0.25) is 14.7 Å². The molecule has 0 saturated heterocycles. The van der Waals surface area contributed by atoms with E-state index in [1.807, 2.05) is 24.3 Å². The van der Waals surface area contributed by atoms with Gasteiger partial charge in [-0.05, 0) is 57.2 Å². The fourth-order valence-corrected chi connectivity index (χ4v) is 5.50. The summed E-state index contributed by atoms with van der Waals surface area (Å²) >= 11 is 1.26. The van der Waals surface area contributed by atoms with E-state index in [2.05, 4.69) is 9.71 Å². The van der Waals surface area contributed by atoms with Crippen LogP contribution in [0.2, 0.25) is 0 Å². The van der Waals surface area contributed by atoms with Crippen molar-refractivity contribution in [3.05, 3.63) is 63.1 Å². The second-order valence-corrected chi connectivity index (χ2v) is 10.9. The first-order valence-corrected chi connectivity index (χ1v) is 12.1. The molecule has 0 unspecified atom stereocenters. The minimum Gasteiger partial charge on any atom is -0.306 e. The molecular formula is C20H24N4O5S2. The monoisotopic (exact) mass is 464 g/mol. The van der Waals surface area contributed by atoms with Gasteiger partial charge in [-0.15, -0.1) is 11.8 Å². The highest BCUT2D eigenvalue weighted by molar-refractivity contribution is 7.99. The van der Waals surface area contributed by atoms with Crippen molar-refractivity contribution in [2.24, 2.45) is 0 Å². The summed E-state index contributed by atoms with van der Waals surface area (Å²) in [7, 11) is -3.88. The molecule has 0 aliphatic rings. The summed E-state index contributed by atoms with van der Waals surface area (Å²) in [6.07, 6.45) is 0.606. The van der Waals surface area contributed by atoms with E-state index >= 15 is 0 Å². The normalized spacial score (nSPS) is 12.4. The first-order valence-electron chi connectivity index (χ1n) is 9.61. The number of sulfonamides is 1. The lowest BCUT2D eigenvalue weighted by atomic mass is 10.1. The van der Waals surface area contributed by atoms with E-state index in [-0.39, 0.29) is 16.3 Å². The van der Waals surface area contributed by atoms with Crippen molar-refractivity contribution >= 4 is 38.5 Å². The maximum atomic E-state index is 12.5. The number of rotatable bonds is 8. The smallest absolute Gasteiger partial charge is 0.306 e. The number of nitrogens with one attached hydrogen (secondary N) is 2. The Labute approximate surface area is 184 Å². The quantitative estimate of drug-likeness (QED) is 0.227. The van der Waals surface area contributed by atoms with Crippen LogP contribution in [0.15, 0.2) is 57.1 Å². The number of hydrogen-bond acceptors (Lipinski definition) is 6. The molecule has 0 amide bonds. The molecule has 3 aromatic rings. The molecule has 0 fully saturated rings. The maximum Gasteiger partial charge on any atom is 0.326 e. The SMILES string of the molecule is CC(C)(C)NS(=O)(=O)c1ccc(SCCCn2c(=O)[nH]c3ccccc32)c([N+](=O)[O-])c1. The van der Waals surface area contributed by atoms with Crippen molar-refractivity contribution in [2.45, 2.75) is 49.1 Å². The molecule has 9 nitrogen and oxygen atoms in total. The van der Waals surface area contributed by atoms with E-state index in [0.717, 1.165) is 17.1 Å². The second kappa shape index (κ2) is 8.85. The zero-order valence-electron chi connectivity index (χ0n) is 17.4. The molecule has 0 aliphatic heterocycles. The van der Waals surface area contributed by atoms with Gasteiger partial charge in [-0.25, -0.2) is 17.9 Å². The van der Waals surface area contributed by atoms with Crippen LogP contribution in [0.4, 0.5) is 5.69 Å². The summed E-state index contributed by atoms with van der Waals surface area (Å²) in [5.74, 6) is 0.527. The van der Waals surface area contributed by atoms with Gasteiger partial charge in [0.25, 0.3) is 5.69 Å². The highest BCUT2D eigenvalue weighted by atomic mass is 32.2. The van der Waals surface area contributed by atoms with E-state index in [1.165, 1.54) is 23.9 Å². The van der Waals surface area contributed by atoms with Crippen LogP contribution >= 0.6 is 11.8 Å². The number of benzene rings is 2. The minimum atomic E-state index is -3.88. The average molecular weight is 465 g/mol. The largest absolute Gasteiger partial charge is 0.326 e. The molecule has 31 heavy (non-hydrogen) atoms. The fourth-order valence-electron chi connectivity index (χ4n) is 3.12. The Hall–Kier alpha value is -2.63. The third kappa shape index (κ3) is 5.54. The van der Waals surface area contributed by atoms with E-state index in [0.29, 0.717) is 23.6 Å². The first kappa shape index (κ1) is 23.0. The minimum absolute atomic E-state index is 0.149. The molecule has 0 atom stereocenters.